The highest BCUT2D eigenvalue weighted by atomic mass is 32.1. The summed E-state index contributed by atoms with van der Waals surface area (Å²) in [5.41, 5.74) is 0.506. The summed E-state index contributed by atoms with van der Waals surface area (Å²) < 4.78 is 13.1. The number of nitrogens with one attached hydrogen (secondary N) is 1. The number of nitrogens with zero attached hydrogens (tertiary/aromatic N) is 1. The van der Waals surface area contributed by atoms with Gasteiger partial charge < -0.3 is 5.32 Å². The molecule has 0 atom stereocenters. The monoisotopic (exact) mass is 304 g/mol. The SMILES string of the molecule is O=C(CN(Cc1cccs1)C1CC1)Nc1cccc(F)c1. The van der Waals surface area contributed by atoms with Crippen LogP contribution in [0.25, 0.3) is 0 Å². The van der Waals surface area contributed by atoms with E-state index in [1.807, 2.05) is 11.4 Å². The summed E-state index contributed by atoms with van der Waals surface area (Å²) in [5, 5.41) is 4.81. The Balaban J connectivity index is 1.59. The molecule has 0 unspecified atom stereocenters. The lowest BCUT2D eigenvalue weighted by atomic mass is 10.3. The smallest absolute Gasteiger partial charge is 0.238 e. The van der Waals surface area contributed by atoms with E-state index in [9.17, 15) is 9.18 Å². The second-order valence-corrected chi connectivity index (χ2v) is 6.31. The Morgan fingerprint density at radius 3 is 2.86 bits per heavy atom. The van der Waals surface area contributed by atoms with Crippen molar-refractivity contribution >= 4 is 22.9 Å². The zero-order chi connectivity index (χ0) is 14.7. The average molecular weight is 304 g/mol. The fraction of sp³-hybridized carbons (Fsp3) is 0.312. The lowest BCUT2D eigenvalue weighted by molar-refractivity contribution is -0.117. The summed E-state index contributed by atoms with van der Waals surface area (Å²) in [4.78, 5) is 15.6. The van der Waals surface area contributed by atoms with E-state index in [4.69, 9.17) is 0 Å². The van der Waals surface area contributed by atoms with E-state index in [0.717, 1.165) is 19.4 Å². The molecule has 3 nitrogen and oxygen atoms in total. The third kappa shape index (κ3) is 4.12. The van der Waals surface area contributed by atoms with Crippen molar-refractivity contribution in [1.82, 2.24) is 4.90 Å². The molecular formula is C16H17FN2OS. The van der Waals surface area contributed by atoms with Crippen LogP contribution in [0.15, 0.2) is 41.8 Å². The van der Waals surface area contributed by atoms with Crippen LogP contribution in [-0.4, -0.2) is 23.4 Å². The number of amides is 1. The molecule has 3 rings (SSSR count). The summed E-state index contributed by atoms with van der Waals surface area (Å²) in [6, 6.07) is 10.6. The van der Waals surface area contributed by atoms with Gasteiger partial charge >= 0.3 is 0 Å². The number of carbonyl (C=O) groups is 1. The van der Waals surface area contributed by atoms with E-state index in [-0.39, 0.29) is 11.7 Å². The van der Waals surface area contributed by atoms with Crippen LogP contribution in [0.5, 0.6) is 0 Å². The Hall–Kier alpha value is -1.72. The number of rotatable bonds is 6. The molecule has 0 radical (unpaired) electrons. The van der Waals surface area contributed by atoms with Gasteiger partial charge in [-0.05, 0) is 42.5 Å². The van der Waals surface area contributed by atoms with Gasteiger partial charge in [0.05, 0.1) is 6.54 Å². The molecule has 1 aliphatic carbocycles. The van der Waals surface area contributed by atoms with Crippen molar-refractivity contribution in [2.45, 2.75) is 25.4 Å². The second-order valence-electron chi connectivity index (χ2n) is 5.27. The minimum atomic E-state index is -0.342. The topological polar surface area (TPSA) is 32.3 Å². The minimum Gasteiger partial charge on any atom is -0.325 e. The summed E-state index contributed by atoms with van der Waals surface area (Å²) >= 11 is 1.71. The lowest BCUT2D eigenvalue weighted by Crippen LogP contribution is -2.34. The van der Waals surface area contributed by atoms with Crippen molar-refractivity contribution in [3.05, 3.63) is 52.5 Å². The van der Waals surface area contributed by atoms with Gasteiger partial charge in [0.2, 0.25) is 5.91 Å². The quantitative estimate of drug-likeness (QED) is 0.886. The number of benzene rings is 1. The maximum absolute atomic E-state index is 13.1. The van der Waals surface area contributed by atoms with Gasteiger partial charge in [0.25, 0.3) is 0 Å². The summed E-state index contributed by atoms with van der Waals surface area (Å²) in [5.74, 6) is -0.436. The first-order valence-electron chi connectivity index (χ1n) is 7.02. The zero-order valence-electron chi connectivity index (χ0n) is 11.6. The third-order valence-electron chi connectivity index (χ3n) is 3.46. The molecule has 1 aromatic carbocycles. The van der Waals surface area contributed by atoms with Gasteiger partial charge in [0.15, 0.2) is 0 Å². The second kappa shape index (κ2) is 6.37. The van der Waals surface area contributed by atoms with Crippen LogP contribution in [0, 0.1) is 5.82 Å². The Bertz CT molecular complexity index is 610. The molecule has 110 valence electrons. The summed E-state index contributed by atoms with van der Waals surface area (Å²) in [7, 11) is 0. The zero-order valence-corrected chi connectivity index (χ0v) is 12.4. The summed E-state index contributed by atoms with van der Waals surface area (Å²) in [6.45, 7) is 1.15. The fourth-order valence-electron chi connectivity index (χ4n) is 2.31. The van der Waals surface area contributed by atoms with Gasteiger partial charge in [-0.1, -0.05) is 12.1 Å². The number of carbonyl (C=O) groups excluding carboxylic acids is 1. The highest BCUT2D eigenvalue weighted by Gasteiger charge is 2.30. The van der Waals surface area contributed by atoms with Crippen molar-refractivity contribution in [1.29, 1.82) is 0 Å². The molecule has 1 N–H and O–H groups in total. The molecule has 0 saturated heterocycles. The Morgan fingerprint density at radius 2 is 2.19 bits per heavy atom. The molecule has 0 aliphatic heterocycles. The Morgan fingerprint density at radius 1 is 1.33 bits per heavy atom. The molecule has 0 bridgehead atoms. The van der Waals surface area contributed by atoms with Crippen LogP contribution in [0.3, 0.4) is 0 Å². The van der Waals surface area contributed by atoms with E-state index in [0.29, 0.717) is 18.3 Å². The maximum Gasteiger partial charge on any atom is 0.238 e. The molecule has 21 heavy (non-hydrogen) atoms. The average Bonchev–Trinajstić information content (AvgIpc) is 3.17. The first kappa shape index (κ1) is 14.2. The molecule has 0 spiro atoms. The highest BCUT2D eigenvalue weighted by molar-refractivity contribution is 7.09. The van der Waals surface area contributed by atoms with E-state index in [1.165, 1.54) is 17.0 Å². The molecule has 1 saturated carbocycles. The number of anilines is 1. The maximum atomic E-state index is 13.1. The largest absolute Gasteiger partial charge is 0.325 e. The number of hydrogen-bond donors (Lipinski definition) is 1. The third-order valence-corrected chi connectivity index (χ3v) is 4.32. The Labute approximate surface area is 127 Å². The van der Waals surface area contributed by atoms with E-state index in [2.05, 4.69) is 16.3 Å². The van der Waals surface area contributed by atoms with Gasteiger partial charge in [-0.2, -0.15) is 0 Å². The van der Waals surface area contributed by atoms with Gasteiger partial charge in [-0.25, -0.2) is 4.39 Å². The van der Waals surface area contributed by atoms with Crippen LogP contribution in [0.1, 0.15) is 17.7 Å². The highest BCUT2D eigenvalue weighted by Crippen LogP contribution is 2.29. The van der Waals surface area contributed by atoms with E-state index in [1.54, 1.807) is 23.5 Å². The van der Waals surface area contributed by atoms with Gasteiger partial charge in [-0.3, -0.25) is 9.69 Å². The van der Waals surface area contributed by atoms with Crippen LogP contribution in [0.2, 0.25) is 0 Å². The molecule has 1 heterocycles. The van der Waals surface area contributed by atoms with Crippen LogP contribution >= 0.6 is 11.3 Å². The summed E-state index contributed by atoms with van der Waals surface area (Å²) in [6.07, 6.45) is 2.30. The van der Waals surface area contributed by atoms with Crippen molar-refractivity contribution < 1.29 is 9.18 Å². The standard InChI is InChI=1S/C16H17FN2OS/c17-12-3-1-4-13(9-12)18-16(20)11-19(14-6-7-14)10-15-5-2-8-21-15/h1-5,8-9,14H,6-7,10-11H2,(H,18,20). The minimum absolute atomic E-state index is 0.0935. The predicted octanol–water partition coefficient (Wildman–Crippen LogP) is 3.49. The molecule has 5 heteroatoms. The van der Waals surface area contributed by atoms with Crippen molar-refractivity contribution in [3.8, 4) is 0 Å². The van der Waals surface area contributed by atoms with Gasteiger partial charge in [0, 0.05) is 23.2 Å². The number of thiophene rings is 1. The number of hydrogen-bond acceptors (Lipinski definition) is 3. The number of halogens is 1. The van der Waals surface area contributed by atoms with Gasteiger partial charge in [0.1, 0.15) is 5.82 Å². The first-order chi connectivity index (χ1) is 10.2. The lowest BCUT2D eigenvalue weighted by Gasteiger charge is -2.20. The van der Waals surface area contributed by atoms with Crippen LogP contribution in [0.4, 0.5) is 10.1 Å². The van der Waals surface area contributed by atoms with Crippen LogP contribution < -0.4 is 5.32 Å². The van der Waals surface area contributed by atoms with Crippen molar-refractivity contribution in [2.24, 2.45) is 0 Å². The van der Waals surface area contributed by atoms with E-state index >= 15 is 0 Å². The van der Waals surface area contributed by atoms with Crippen molar-refractivity contribution in [2.75, 3.05) is 11.9 Å². The normalized spacial score (nSPS) is 14.4. The van der Waals surface area contributed by atoms with E-state index < -0.39 is 0 Å². The molecule has 2 aromatic rings. The van der Waals surface area contributed by atoms with Crippen LogP contribution in [-0.2, 0) is 11.3 Å². The molecule has 1 aromatic heterocycles. The molecule has 1 aliphatic rings. The van der Waals surface area contributed by atoms with Crippen molar-refractivity contribution in [3.63, 3.8) is 0 Å². The van der Waals surface area contributed by atoms with Gasteiger partial charge in [-0.15, -0.1) is 11.3 Å². The molecule has 1 fully saturated rings. The Kier molecular flexibility index (Phi) is 4.31. The first-order valence-corrected chi connectivity index (χ1v) is 7.90. The molecular weight excluding hydrogens is 287 g/mol. The molecule has 1 amide bonds. The fourth-order valence-corrected chi connectivity index (χ4v) is 3.04. The predicted molar refractivity (Wildman–Crippen MR) is 82.8 cm³/mol.